The van der Waals surface area contributed by atoms with Gasteiger partial charge in [-0.1, -0.05) is 11.6 Å². The van der Waals surface area contributed by atoms with Gasteiger partial charge in [-0.05, 0) is 30.7 Å². The Bertz CT molecular complexity index is 514. The Morgan fingerprint density at radius 3 is 2.67 bits per heavy atom. The number of rotatable bonds is 5. The second kappa shape index (κ2) is 7.43. The Labute approximate surface area is 129 Å². The van der Waals surface area contributed by atoms with Gasteiger partial charge in [-0.15, -0.1) is 0 Å². The number of amides is 2. The quantitative estimate of drug-likeness (QED) is 0.843. The Balaban J connectivity index is 1.76. The highest BCUT2D eigenvalue weighted by Crippen LogP contribution is 2.19. The van der Waals surface area contributed by atoms with Gasteiger partial charge >= 0.3 is 0 Å². The van der Waals surface area contributed by atoms with Crippen molar-refractivity contribution in [2.24, 2.45) is 0 Å². The summed E-state index contributed by atoms with van der Waals surface area (Å²) in [6.45, 7) is 5.76. The molecule has 0 saturated carbocycles. The second-order valence-corrected chi connectivity index (χ2v) is 5.68. The van der Waals surface area contributed by atoms with E-state index in [2.05, 4.69) is 10.2 Å². The molecule has 2 amide bonds. The van der Waals surface area contributed by atoms with Crippen molar-refractivity contribution < 1.29 is 9.59 Å². The van der Waals surface area contributed by atoms with Crippen molar-refractivity contribution in [3.8, 4) is 0 Å². The average molecular weight is 310 g/mol. The molecule has 0 atom stereocenters. The smallest absolute Gasteiger partial charge is 0.225 e. The molecule has 1 aromatic rings. The number of anilines is 1. The molecule has 21 heavy (non-hydrogen) atoms. The summed E-state index contributed by atoms with van der Waals surface area (Å²) in [5.74, 6) is -0.00163. The van der Waals surface area contributed by atoms with Crippen molar-refractivity contribution in [3.05, 3.63) is 28.8 Å². The Morgan fingerprint density at radius 2 is 2.05 bits per heavy atom. The maximum absolute atomic E-state index is 12.0. The number of piperazine rings is 1. The summed E-state index contributed by atoms with van der Waals surface area (Å²) < 4.78 is 0. The topological polar surface area (TPSA) is 52.7 Å². The van der Waals surface area contributed by atoms with Crippen LogP contribution in [0.4, 0.5) is 5.69 Å². The summed E-state index contributed by atoms with van der Waals surface area (Å²) in [5.41, 5.74) is 1.76. The molecule has 1 aliphatic rings. The zero-order valence-corrected chi connectivity index (χ0v) is 12.9. The first-order valence-electron chi connectivity index (χ1n) is 7.06. The summed E-state index contributed by atoms with van der Waals surface area (Å²) in [4.78, 5) is 26.6. The van der Waals surface area contributed by atoms with E-state index in [1.807, 2.05) is 19.1 Å². The fraction of sp³-hybridized carbons (Fsp3) is 0.467. The van der Waals surface area contributed by atoms with Crippen LogP contribution in [-0.2, 0) is 9.59 Å². The normalized spacial score (nSPS) is 15.8. The Hall–Kier alpha value is -1.59. The van der Waals surface area contributed by atoms with Gasteiger partial charge in [-0.25, -0.2) is 0 Å². The molecule has 2 rings (SSSR count). The molecule has 0 radical (unpaired) electrons. The standard InChI is InChI=1S/C15H20ClN3O2/c1-12-10-13(16)2-3-14(12)17-15(21)4-5-18-6-8-19(11-20)9-7-18/h2-3,10-11H,4-9H2,1H3,(H,17,21). The van der Waals surface area contributed by atoms with Crippen LogP contribution in [0.5, 0.6) is 0 Å². The highest BCUT2D eigenvalue weighted by atomic mass is 35.5. The lowest BCUT2D eigenvalue weighted by atomic mass is 10.2. The van der Waals surface area contributed by atoms with Crippen LogP contribution in [0.25, 0.3) is 0 Å². The van der Waals surface area contributed by atoms with Gasteiger partial charge < -0.3 is 10.2 Å². The van der Waals surface area contributed by atoms with E-state index < -0.39 is 0 Å². The molecule has 0 bridgehead atoms. The predicted molar refractivity (Wildman–Crippen MR) is 83.5 cm³/mol. The molecular formula is C15H20ClN3O2. The van der Waals surface area contributed by atoms with Crippen molar-refractivity contribution in [2.45, 2.75) is 13.3 Å². The Kier molecular flexibility index (Phi) is 5.59. The molecule has 1 saturated heterocycles. The van der Waals surface area contributed by atoms with Crippen LogP contribution >= 0.6 is 11.6 Å². The van der Waals surface area contributed by atoms with Crippen LogP contribution < -0.4 is 5.32 Å². The molecule has 1 aromatic carbocycles. The summed E-state index contributed by atoms with van der Waals surface area (Å²) in [6, 6.07) is 5.41. The van der Waals surface area contributed by atoms with Crippen molar-refractivity contribution >= 4 is 29.6 Å². The zero-order chi connectivity index (χ0) is 15.2. The fourth-order valence-electron chi connectivity index (χ4n) is 2.33. The molecule has 1 fully saturated rings. The van der Waals surface area contributed by atoms with E-state index in [0.29, 0.717) is 18.0 Å². The summed E-state index contributed by atoms with van der Waals surface area (Å²) in [7, 11) is 0. The molecule has 1 heterocycles. The van der Waals surface area contributed by atoms with Crippen LogP contribution in [0.3, 0.4) is 0 Å². The number of carbonyl (C=O) groups excluding carboxylic acids is 2. The molecule has 0 aromatic heterocycles. The van der Waals surface area contributed by atoms with Gasteiger partial charge in [-0.2, -0.15) is 0 Å². The minimum Gasteiger partial charge on any atom is -0.343 e. The Morgan fingerprint density at radius 1 is 1.33 bits per heavy atom. The van der Waals surface area contributed by atoms with Crippen LogP contribution in [0, 0.1) is 6.92 Å². The maximum Gasteiger partial charge on any atom is 0.225 e. The highest BCUT2D eigenvalue weighted by molar-refractivity contribution is 6.30. The number of nitrogens with one attached hydrogen (secondary N) is 1. The van der Waals surface area contributed by atoms with Crippen LogP contribution in [-0.4, -0.2) is 54.8 Å². The van der Waals surface area contributed by atoms with E-state index in [1.54, 1.807) is 11.0 Å². The van der Waals surface area contributed by atoms with Crippen LogP contribution in [0.2, 0.25) is 5.02 Å². The number of hydrogen-bond donors (Lipinski definition) is 1. The minimum atomic E-state index is -0.00163. The first-order valence-corrected chi connectivity index (χ1v) is 7.44. The number of halogens is 1. The fourth-order valence-corrected chi connectivity index (χ4v) is 2.56. The third-order valence-corrected chi connectivity index (χ3v) is 3.91. The second-order valence-electron chi connectivity index (χ2n) is 5.24. The van der Waals surface area contributed by atoms with Gasteiger partial charge in [-0.3, -0.25) is 14.5 Å². The van der Waals surface area contributed by atoms with Crippen LogP contribution in [0.1, 0.15) is 12.0 Å². The summed E-state index contributed by atoms with van der Waals surface area (Å²) >= 11 is 5.89. The van der Waals surface area contributed by atoms with Gasteiger partial charge in [0.15, 0.2) is 0 Å². The first-order chi connectivity index (χ1) is 10.1. The monoisotopic (exact) mass is 309 g/mol. The molecule has 0 aliphatic carbocycles. The van der Waals surface area contributed by atoms with E-state index in [9.17, 15) is 9.59 Å². The van der Waals surface area contributed by atoms with Crippen molar-refractivity contribution in [1.29, 1.82) is 0 Å². The SMILES string of the molecule is Cc1cc(Cl)ccc1NC(=O)CCN1CCN(C=O)CC1. The molecule has 5 nitrogen and oxygen atoms in total. The van der Waals surface area contributed by atoms with E-state index >= 15 is 0 Å². The molecule has 1 aliphatic heterocycles. The average Bonchev–Trinajstić information content (AvgIpc) is 2.48. The maximum atomic E-state index is 12.0. The van der Waals surface area contributed by atoms with E-state index in [-0.39, 0.29) is 5.91 Å². The predicted octanol–water partition coefficient (Wildman–Crippen LogP) is 1.75. The summed E-state index contributed by atoms with van der Waals surface area (Å²) in [6.07, 6.45) is 1.33. The molecule has 114 valence electrons. The molecule has 6 heteroatoms. The number of nitrogens with zero attached hydrogens (tertiary/aromatic N) is 2. The number of carbonyl (C=O) groups is 2. The van der Waals surface area contributed by atoms with E-state index in [0.717, 1.165) is 43.8 Å². The molecule has 1 N–H and O–H groups in total. The van der Waals surface area contributed by atoms with Crippen molar-refractivity contribution in [2.75, 3.05) is 38.0 Å². The van der Waals surface area contributed by atoms with Gasteiger partial charge in [0.2, 0.25) is 12.3 Å². The lowest BCUT2D eigenvalue weighted by molar-refractivity contribution is -0.120. The van der Waals surface area contributed by atoms with Gasteiger partial charge in [0.05, 0.1) is 0 Å². The van der Waals surface area contributed by atoms with Crippen molar-refractivity contribution in [3.63, 3.8) is 0 Å². The van der Waals surface area contributed by atoms with Gasteiger partial charge in [0, 0.05) is 49.9 Å². The third-order valence-electron chi connectivity index (χ3n) is 3.67. The molecule has 0 spiro atoms. The number of hydrogen-bond acceptors (Lipinski definition) is 3. The number of aryl methyl sites for hydroxylation is 1. The zero-order valence-electron chi connectivity index (χ0n) is 12.1. The van der Waals surface area contributed by atoms with Gasteiger partial charge in [0.1, 0.15) is 0 Å². The third kappa shape index (κ3) is 4.72. The summed E-state index contributed by atoms with van der Waals surface area (Å²) in [5, 5.41) is 3.57. The highest BCUT2D eigenvalue weighted by Gasteiger charge is 2.16. The lowest BCUT2D eigenvalue weighted by Gasteiger charge is -2.32. The van der Waals surface area contributed by atoms with Crippen LogP contribution in [0.15, 0.2) is 18.2 Å². The van der Waals surface area contributed by atoms with Crippen molar-refractivity contribution in [1.82, 2.24) is 9.80 Å². The molecule has 0 unspecified atom stereocenters. The van der Waals surface area contributed by atoms with E-state index in [1.165, 1.54) is 0 Å². The lowest BCUT2D eigenvalue weighted by Crippen LogP contribution is -2.46. The minimum absolute atomic E-state index is 0.00163. The first kappa shape index (κ1) is 15.8. The molecular weight excluding hydrogens is 290 g/mol. The number of benzene rings is 1. The van der Waals surface area contributed by atoms with E-state index in [4.69, 9.17) is 11.6 Å². The largest absolute Gasteiger partial charge is 0.343 e. The van der Waals surface area contributed by atoms with Gasteiger partial charge in [0.25, 0.3) is 0 Å².